The number of fused-ring (bicyclic) bond motifs is 2. The van der Waals surface area contributed by atoms with Crippen molar-refractivity contribution in [2.24, 2.45) is 11.8 Å². The summed E-state index contributed by atoms with van der Waals surface area (Å²) in [7, 11) is 3.24. The van der Waals surface area contributed by atoms with Crippen LogP contribution in [0.15, 0.2) is 23.1 Å². The highest BCUT2D eigenvalue weighted by molar-refractivity contribution is 8.00. The first kappa shape index (κ1) is 15.5. The Morgan fingerprint density at radius 2 is 2.05 bits per heavy atom. The zero-order chi connectivity index (χ0) is 15.5. The average Bonchev–Trinajstić information content (AvgIpc) is 3.15. The molecule has 1 amide bonds. The molecule has 3 rings (SSSR count). The Labute approximate surface area is 135 Å². The van der Waals surface area contributed by atoms with Crippen molar-refractivity contribution in [3.63, 3.8) is 0 Å². The van der Waals surface area contributed by atoms with Gasteiger partial charge in [0, 0.05) is 10.9 Å². The number of nitrogens with one attached hydrogen (secondary N) is 1. The fourth-order valence-corrected chi connectivity index (χ4v) is 4.46. The van der Waals surface area contributed by atoms with E-state index < -0.39 is 0 Å². The number of benzene rings is 1. The maximum Gasteiger partial charge on any atom is 0.230 e. The van der Waals surface area contributed by atoms with Crippen LogP contribution >= 0.6 is 11.8 Å². The molecule has 0 saturated heterocycles. The molecule has 0 unspecified atom stereocenters. The molecule has 0 spiro atoms. The highest BCUT2D eigenvalue weighted by atomic mass is 32.2. The molecule has 2 saturated carbocycles. The average molecular weight is 321 g/mol. The zero-order valence-corrected chi connectivity index (χ0v) is 13.9. The third-order valence-corrected chi connectivity index (χ3v) is 5.80. The predicted octanol–water partition coefficient (Wildman–Crippen LogP) is 3.10. The minimum Gasteiger partial charge on any atom is -0.493 e. The summed E-state index contributed by atoms with van der Waals surface area (Å²) in [5.74, 6) is 3.56. The Morgan fingerprint density at radius 1 is 1.23 bits per heavy atom. The summed E-state index contributed by atoms with van der Waals surface area (Å²) in [5.41, 5.74) is 0. The number of amides is 1. The Morgan fingerprint density at radius 3 is 2.68 bits per heavy atom. The summed E-state index contributed by atoms with van der Waals surface area (Å²) in [4.78, 5) is 13.2. The molecule has 1 N–H and O–H groups in total. The van der Waals surface area contributed by atoms with E-state index in [0.29, 0.717) is 23.3 Å². The quantitative estimate of drug-likeness (QED) is 0.818. The van der Waals surface area contributed by atoms with E-state index in [-0.39, 0.29) is 5.91 Å². The fraction of sp³-hybridized carbons (Fsp3) is 0.588. The van der Waals surface area contributed by atoms with Gasteiger partial charge in [-0.25, -0.2) is 0 Å². The Hall–Kier alpha value is -1.36. The molecule has 0 radical (unpaired) electrons. The van der Waals surface area contributed by atoms with E-state index in [0.717, 1.165) is 16.7 Å². The lowest BCUT2D eigenvalue weighted by Crippen LogP contribution is -2.39. The summed E-state index contributed by atoms with van der Waals surface area (Å²) in [5, 5.41) is 3.22. The van der Waals surface area contributed by atoms with Crippen LogP contribution in [0.4, 0.5) is 0 Å². The van der Waals surface area contributed by atoms with E-state index in [2.05, 4.69) is 5.32 Å². The van der Waals surface area contributed by atoms with Gasteiger partial charge in [-0.15, -0.1) is 11.8 Å². The fourth-order valence-electron chi connectivity index (χ4n) is 3.73. The first-order valence-electron chi connectivity index (χ1n) is 7.83. The molecule has 1 aromatic carbocycles. The van der Waals surface area contributed by atoms with E-state index in [4.69, 9.17) is 9.47 Å². The second-order valence-corrected chi connectivity index (χ2v) is 7.20. The molecular weight excluding hydrogens is 298 g/mol. The van der Waals surface area contributed by atoms with Gasteiger partial charge in [-0.3, -0.25) is 4.79 Å². The summed E-state index contributed by atoms with van der Waals surface area (Å²) >= 11 is 1.53. The molecule has 0 aromatic heterocycles. The lowest BCUT2D eigenvalue weighted by Gasteiger charge is -2.22. The van der Waals surface area contributed by atoms with Crippen LogP contribution in [0.1, 0.15) is 25.7 Å². The van der Waals surface area contributed by atoms with Crippen LogP contribution < -0.4 is 14.8 Å². The number of ether oxygens (including phenoxy) is 2. The van der Waals surface area contributed by atoms with Gasteiger partial charge in [0.15, 0.2) is 11.5 Å². The first-order valence-corrected chi connectivity index (χ1v) is 8.82. The standard InChI is InChI=1S/C17H23NO3S/c1-20-15-6-5-13(9-16(15)21-2)22-10-17(19)18-14-8-11-3-4-12(14)7-11/h5-6,9,11-12,14H,3-4,7-8,10H2,1-2H3,(H,18,19)/t11-,12-,14+/m1/s1. The van der Waals surface area contributed by atoms with Crippen LogP contribution in [0.25, 0.3) is 0 Å². The maximum absolute atomic E-state index is 12.1. The minimum atomic E-state index is 0.136. The molecule has 2 bridgehead atoms. The van der Waals surface area contributed by atoms with Gasteiger partial charge in [0.05, 0.1) is 20.0 Å². The molecule has 22 heavy (non-hydrogen) atoms. The summed E-state index contributed by atoms with van der Waals surface area (Å²) in [6.07, 6.45) is 5.14. The van der Waals surface area contributed by atoms with Gasteiger partial charge < -0.3 is 14.8 Å². The lowest BCUT2D eigenvalue weighted by molar-refractivity contribution is -0.119. The van der Waals surface area contributed by atoms with Gasteiger partial charge in [0.25, 0.3) is 0 Å². The number of rotatable bonds is 6. The molecule has 120 valence electrons. The molecule has 2 fully saturated rings. The highest BCUT2D eigenvalue weighted by Crippen LogP contribution is 2.44. The SMILES string of the molecule is COc1ccc(SCC(=O)N[C@H]2C[C@@H]3CC[C@@H]2C3)cc1OC. The minimum absolute atomic E-state index is 0.136. The number of hydrogen-bond donors (Lipinski definition) is 1. The van der Waals surface area contributed by atoms with Gasteiger partial charge in [-0.1, -0.05) is 6.42 Å². The van der Waals surface area contributed by atoms with Gasteiger partial charge in [-0.05, 0) is 49.3 Å². The maximum atomic E-state index is 12.1. The van der Waals surface area contributed by atoms with Gasteiger partial charge in [0.2, 0.25) is 5.91 Å². The highest BCUT2D eigenvalue weighted by Gasteiger charge is 2.39. The second-order valence-electron chi connectivity index (χ2n) is 6.15. The Balaban J connectivity index is 1.50. The van der Waals surface area contributed by atoms with Crippen molar-refractivity contribution in [2.75, 3.05) is 20.0 Å². The van der Waals surface area contributed by atoms with Crippen molar-refractivity contribution in [1.82, 2.24) is 5.32 Å². The van der Waals surface area contributed by atoms with Crippen LogP contribution in [0, 0.1) is 11.8 Å². The summed E-state index contributed by atoms with van der Waals surface area (Å²) < 4.78 is 10.5. The molecule has 4 nitrogen and oxygen atoms in total. The third kappa shape index (κ3) is 3.35. The lowest BCUT2D eigenvalue weighted by atomic mass is 9.95. The molecule has 0 aliphatic heterocycles. The Kier molecular flexibility index (Phi) is 4.81. The third-order valence-electron chi connectivity index (χ3n) is 4.81. The smallest absolute Gasteiger partial charge is 0.230 e. The number of carbonyl (C=O) groups excluding carboxylic acids is 1. The zero-order valence-electron chi connectivity index (χ0n) is 13.1. The van der Waals surface area contributed by atoms with Crippen LogP contribution in [0.3, 0.4) is 0 Å². The number of carbonyl (C=O) groups is 1. The summed E-state index contributed by atoms with van der Waals surface area (Å²) in [6.45, 7) is 0. The van der Waals surface area contributed by atoms with Gasteiger partial charge in [0.1, 0.15) is 0 Å². The summed E-state index contributed by atoms with van der Waals surface area (Å²) in [6, 6.07) is 6.15. The van der Waals surface area contributed by atoms with Crippen molar-refractivity contribution in [3.05, 3.63) is 18.2 Å². The monoisotopic (exact) mass is 321 g/mol. The molecule has 3 atom stereocenters. The van der Waals surface area contributed by atoms with E-state index >= 15 is 0 Å². The molecule has 2 aliphatic carbocycles. The molecule has 1 aromatic rings. The first-order chi connectivity index (χ1) is 10.7. The second kappa shape index (κ2) is 6.82. The molecule has 0 heterocycles. The molecule has 5 heteroatoms. The van der Waals surface area contributed by atoms with Crippen molar-refractivity contribution < 1.29 is 14.3 Å². The van der Waals surface area contributed by atoms with Crippen molar-refractivity contribution in [3.8, 4) is 11.5 Å². The largest absolute Gasteiger partial charge is 0.493 e. The number of thioether (sulfide) groups is 1. The topological polar surface area (TPSA) is 47.6 Å². The van der Waals surface area contributed by atoms with Gasteiger partial charge in [-0.2, -0.15) is 0 Å². The predicted molar refractivity (Wildman–Crippen MR) is 87.6 cm³/mol. The van der Waals surface area contributed by atoms with Crippen LogP contribution in [-0.4, -0.2) is 31.9 Å². The van der Waals surface area contributed by atoms with Crippen molar-refractivity contribution in [2.45, 2.75) is 36.6 Å². The van der Waals surface area contributed by atoms with Crippen LogP contribution in [0.2, 0.25) is 0 Å². The van der Waals surface area contributed by atoms with Crippen molar-refractivity contribution in [1.29, 1.82) is 0 Å². The van der Waals surface area contributed by atoms with Crippen LogP contribution in [-0.2, 0) is 4.79 Å². The normalized spacial score (nSPS) is 26.0. The van der Waals surface area contributed by atoms with E-state index in [9.17, 15) is 4.79 Å². The number of methoxy groups -OCH3 is 2. The van der Waals surface area contributed by atoms with E-state index in [1.165, 1.54) is 37.4 Å². The van der Waals surface area contributed by atoms with E-state index in [1.807, 2.05) is 18.2 Å². The molecule has 2 aliphatic rings. The Bertz CT molecular complexity index is 549. The van der Waals surface area contributed by atoms with Gasteiger partial charge >= 0.3 is 0 Å². The van der Waals surface area contributed by atoms with Crippen LogP contribution in [0.5, 0.6) is 11.5 Å². The number of hydrogen-bond acceptors (Lipinski definition) is 4. The molecular formula is C17H23NO3S. The van der Waals surface area contributed by atoms with Crippen molar-refractivity contribution >= 4 is 17.7 Å². The van der Waals surface area contributed by atoms with E-state index in [1.54, 1.807) is 14.2 Å².